The average molecular weight is 183 g/mol. The van der Waals surface area contributed by atoms with Gasteiger partial charge in [0.25, 0.3) is 0 Å². The second kappa shape index (κ2) is 5.18. The minimum atomic E-state index is -0.321. The molecule has 0 bridgehead atoms. The van der Waals surface area contributed by atoms with E-state index in [1.54, 1.807) is 0 Å². The highest BCUT2D eigenvalue weighted by molar-refractivity contribution is 4.87. The van der Waals surface area contributed by atoms with Crippen molar-refractivity contribution >= 4 is 0 Å². The summed E-state index contributed by atoms with van der Waals surface area (Å²) in [4.78, 5) is 2.30. The summed E-state index contributed by atoms with van der Waals surface area (Å²) >= 11 is 0. The molecule has 2 unspecified atom stereocenters. The van der Waals surface area contributed by atoms with E-state index in [0.717, 1.165) is 32.7 Å². The number of hydrogen-bond donors (Lipinski definition) is 1. The van der Waals surface area contributed by atoms with Crippen LogP contribution in [0.5, 0.6) is 0 Å². The van der Waals surface area contributed by atoms with Crippen LogP contribution in [0.4, 0.5) is 0 Å². The summed E-state index contributed by atoms with van der Waals surface area (Å²) in [7, 11) is 0. The summed E-state index contributed by atoms with van der Waals surface area (Å²) in [5.41, 5.74) is 5.51. The highest BCUT2D eigenvalue weighted by Crippen LogP contribution is 2.04. The molecule has 0 amide bonds. The fraction of sp³-hybridized carbons (Fsp3) is 0.889. The molecule has 0 spiro atoms. The molecule has 4 nitrogen and oxygen atoms in total. The number of nitrogens with zero attached hydrogens (tertiary/aromatic N) is 2. The van der Waals surface area contributed by atoms with Gasteiger partial charge in [0.15, 0.2) is 0 Å². The first kappa shape index (κ1) is 10.5. The fourth-order valence-corrected chi connectivity index (χ4v) is 1.48. The Kier molecular flexibility index (Phi) is 4.16. The smallest absolute Gasteiger partial charge is 0.0940 e. The van der Waals surface area contributed by atoms with Crippen molar-refractivity contribution in [3.05, 3.63) is 0 Å². The molecule has 1 rings (SSSR count). The van der Waals surface area contributed by atoms with E-state index in [1.165, 1.54) is 0 Å². The van der Waals surface area contributed by atoms with Gasteiger partial charge in [-0.15, -0.1) is 0 Å². The Morgan fingerprint density at radius 1 is 1.77 bits per heavy atom. The Bertz CT molecular complexity index is 190. The van der Waals surface area contributed by atoms with Gasteiger partial charge < -0.3 is 10.5 Å². The second-order valence-corrected chi connectivity index (χ2v) is 3.51. The average Bonchev–Trinajstić information content (AvgIpc) is 2.14. The van der Waals surface area contributed by atoms with Gasteiger partial charge in [-0.05, 0) is 13.3 Å². The van der Waals surface area contributed by atoms with E-state index in [9.17, 15) is 0 Å². The molecular formula is C9H17N3O. The highest BCUT2D eigenvalue weighted by atomic mass is 16.5. The molecule has 0 saturated carbocycles. The Balaban J connectivity index is 2.17. The van der Waals surface area contributed by atoms with Crippen molar-refractivity contribution in [2.75, 3.05) is 26.2 Å². The number of nitrogens with two attached hydrogens (primary N) is 1. The molecule has 0 aliphatic carbocycles. The number of nitriles is 1. The normalized spacial score (nSPS) is 26.7. The lowest BCUT2D eigenvalue weighted by Gasteiger charge is -2.31. The van der Waals surface area contributed by atoms with Crippen LogP contribution in [0.15, 0.2) is 0 Å². The first-order valence-corrected chi connectivity index (χ1v) is 4.71. The molecule has 4 heteroatoms. The van der Waals surface area contributed by atoms with Crippen LogP contribution >= 0.6 is 0 Å². The fourth-order valence-electron chi connectivity index (χ4n) is 1.48. The predicted molar refractivity (Wildman–Crippen MR) is 50.1 cm³/mol. The van der Waals surface area contributed by atoms with Gasteiger partial charge in [0.1, 0.15) is 0 Å². The summed E-state index contributed by atoms with van der Waals surface area (Å²) < 4.78 is 5.40. The van der Waals surface area contributed by atoms with E-state index in [1.807, 2.05) is 6.07 Å². The number of ether oxygens (including phenoxy) is 1. The number of rotatable bonds is 3. The standard InChI is InChI=1S/C9H17N3O/c1-8-7-12(4-5-13-8)3-2-9(11)6-10/h8-9H,2-5,7,11H2,1H3. The van der Waals surface area contributed by atoms with Gasteiger partial charge >= 0.3 is 0 Å². The van der Waals surface area contributed by atoms with Crippen molar-refractivity contribution in [1.29, 1.82) is 5.26 Å². The van der Waals surface area contributed by atoms with Crippen LogP contribution in [0.2, 0.25) is 0 Å². The van der Waals surface area contributed by atoms with Gasteiger partial charge in [-0.2, -0.15) is 5.26 Å². The Labute approximate surface area is 79.3 Å². The third kappa shape index (κ3) is 3.73. The first-order valence-electron chi connectivity index (χ1n) is 4.71. The second-order valence-electron chi connectivity index (χ2n) is 3.51. The van der Waals surface area contributed by atoms with E-state index in [0.29, 0.717) is 6.10 Å². The SMILES string of the molecule is CC1CN(CCC(N)C#N)CCO1. The molecule has 1 saturated heterocycles. The van der Waals surface area contributed by atoms with Crippen LogP contribution < -0.4 is 5.73 Å². The van der Waals surface area contributed by atoms with Crippen LogP contribution in [-0.4, -0.2) is 43.3 Å². The van der Waals surface area contributed by atoms with Crippen LogP contribution in [0, 0.1) is 11.3 Å². The van der Waals surface area contributed by atoms with Crippen LogP contribution in [0.25, 0.3) is 0 Å². The molecular weight excluding hydrogens is 166 g/mol. The van der Waals surface area contributed by atoms with Gasteiger partial charge in [0.2, 0.25) is 0 Å². The van der Waals surface area contributed by atoms with Crippen LogP contribution in [0.1, 0.15) is 13.3 Å². The molecule has 1 fully saturated rings. The lowest BCUT2D eigenvalue weighted by atomic mass is 10.2. The van der Waals surface area contributed by atoms with Crippen LogP contribution in [0.3, 0.4) is 0 Å². The van der Waals surface area contributed by atoms with Crippen molar-refractivity contribution in [3.8, 4) is 6.07 Å². The molecule has 0 aromatic rings. The highest BCUT2D eigenvalue weighted by Gasteiger charge is 2.16. The zero-order valence-corrected chi connectivity index (χ0v) is 8.07. The quantitative estimate of drug-likeness (QED) is 0.666. The van der Waals surface area contributed by atoms with Gasteiger partial charge in [0, 0.05) is 19.6 Å². The third-order valence-corrected chi connectivity index (χ3v) is 2.25. The summed E-state index contributed by atoms with van der Waals surface area (Å²) in [5.74, 6) is 0. The monoisotopic (exact) mass is 183 g/mol. The Morgan fingerprint density at radius 2 is 2.54 bits per heavy atom. The maximum atomic E-state index is 8.50. The molecule has 1 aliphatic heterocycles. The number of hydrogen-bond acceptors (Lipinski definition) is 4. The van der Waals surface area contributed by atoms with Gasteiger partial charge in [-0.1, -0.05) is 0 Å². The minimum absolute atomic E-state index is 0.312. The molecule has 2 N–H and O–H groups in total. The third-order valence-electron chi connectivity index (χ3n) is 2.25. The van der Waals surface area contributed by atoms with E-state index >= 15 is 0 Å². The van der Waals surface area contributed by atoms with Crippen molar-refractivity contribution in [3.63, 3.8) is 0 Å². The number of morpholine rings is 1. The molecule has 74 valence electrons. The Morgan fingerprint density at radius 3 is 3.15 bits per heavy atom. The maximum absolute atomic E-state index is 8.50. The first-order chi connectivity index (χ1) is 6.22. The Hall–Kier alpha value is -0.630. The molecule has 0 aromatic heterocycles. The van der Waals surface area contributed by atoms with Gasteiger partial charge in [-0.25, -0.2) is 0 Å². The zero-order chi connectivity index (χ0) is 9.68. The lowest BCUT2D eigenvalue weighted by molar-refractivity contribution is -0.0186. The van der Waals surface area contributed by atoms with E-state index in [-0.39, 0.29) is 6.04 Å². The van der Waals surface area contributed by atoms with E-state index in [2.05, 4.69) is 11.8 Å². The summed E-state index contributed by atoms with van der Waals surface area (Å²) in [5, 5.41) is 8.50. The largest absolute Gasteiger partial charge is 0.376 e. The lowest BCUT2D eigenvalue weighted by Crippen LogP contribution is -2.42. The van der Waals surface area contributed by atoms with Crippen molar-refractivity contribution in [2.24, 2.45) is 5.73 Å². The molecule has 1 aliphatic rings. The van der Waals surface area contributed by atoms with E-state index < -0.39 is 0 Å². The predicted octanol–water partition coefficient (Wildman–Crippen LogP) is -0.0519. The summed E-state index contributed by atoms with van der Waals surface area (Å²) in [6.45, 7) is 5.68. The zero-order valence-electron chi connectivity index (χ0n) is 8.07. The van der Waals surface area contributed by atoms with Crippen molar-refractivity contribution in [2.45, 2.75) is 25.5 Å². The maximum Gasteiger partial charge on any atom is 0.0940 e. The molecule has 13 heavy (non-hydrogen) atoms. The summed E-state index contributed by atoms with van der Waals surface area (Å²) in [6.07, 6.45) is 1.07. The van der Waals surface area contributed by atoms with E-state index in [4.69, 9.17) is 15.7 Å². The molecule has 1 heterocycles. The minimum Gasteiger partial charge on any atom is -0.376 e. The van der Waals surface area contributed by atoms with Crippen LogP contribution in [-0.2, 0) is 4.74 Å². The van der Waals surface area contributed by atoms with Crippen molar-refractivity contribution < 1.29 is 4.74 Å². The summed E-state index contributed by atoms with van der Waals surface area (Å²) in [6, 6.07) is 1.71. The molecule has 0 radical (unpaired) electrons. The van der Waals surface area contributed by atoms with Gasteiger partial charge in [-0.3, -0.25) is 4.90 Å². The van der Waals surface area contributed by atoms with Crippen molar-refractivity contribution in [1.82, 2.24) is 4.90 Å². The van der Waals surface area contributed by atoms with Gasteiger partial charge in [0.05, 0.1) is 24.8 Å². The molecule has 2 atom stereocenters. The molecule has 0 aromatic carbocycles. The topological polar surface area (TPSA) is 62.3 Å².